The van der Waals surface area contributed by atoms with Crippen molar-refractivity contribution < 1.29 is 9.90 Å². The average molecular weight is 279 g/mol. The predicted octanol–water partition coefficient (Wildman–Crippen LogP) is 2.98. The maximum atomic E-state index is 12.4. The standard InChI is InChI=1S/C18H17NO2/c1-14-8-2-5-12-17(14)19-18(21)16-11-4-3-9-15(16)10-6-7-13-20/h2-5,8-9,11-12,20H,7,13H2,1H3,(H,19,21). The van der Waals surface area contributed by atoms with Crippen LogP contribution >= 0.6 is 0 Å². The van der Waals surface area contributed by atoms with E-state index in [-0.39, 0.29) is 12.5 Å². The van der Waals surface area contributed by atoms with E-state index in [2.05, 4.69) is 17.2 Å². The average Bonchev–Trinajstić information content (AvgIpc) is 2.50. The van der Waals surface area contributed by atoms with Crippen molar-refractivity contribution >= 4 is 11.6 Å². The highest BCUT2D eigenvalue weighted by Gasteiger charge is 2.10. The van der Waals surface area contributed by atoms with E-state index < -0.39 is 0 Å². The lowest BCUT2D eigenvalue weighted by Gasteiger charge is -2.09. The van der Waals surface area contributed by atoms with Crippen molar-refractivity contribution in [2.45, 2.75) is 13.3 Å². The first-order valence-electron chi connectivity index (χ1n) is 6.78. The smallest absolute Gasteiger partial charge is 0.256 e. The molecule has 0 saturated carbocycles. The minimum absolute atomic E-state index is 0.0184. The first-order chi connectivity index (χ1) is 10.2. The molecule has 106 valence electrons. The van der Waals surface area contributed by atoms with Crippen molar-refractivity contribution in [3.05, 3.63) is 65.2 Å². The Morgan fingerprint density at radius 2 is 1.86 bits per heavy atom. The van der Waals surface area contributed by atoms with E-state index in [1.807, 2.05) is 43.3 Å². The van der Waals surface area contributed by atoms with Gasteiger partial charge in [0.1, 0.15) is 0 Å². The molecular weight excluding hydrogens is 262 g/mol. The molecule has 0 aliphatic rings. The lowest BCUT2D eigenvalue weighted by atomic mass is 10.1. The van der Waals surface area contributed by atoms with E-state index in [4.69, 9.17) is 5.11 Å². The molecule has 2 N–H and O–H groups in total. The van der Waals surface area contributed by atoms with Gasteiger partial charge in [0, 0.05) is 17.7 Å². The number of hydrogen-bond acceptors (Lipinski definition) is 2. The number of aliphatic hydroxyl groups excluding tert-OH is 1. The van der Waals surface area contributed by atoms with Gasteiger partial charge in [0.25, 0.3) is 5.91 Å². The van der Waals surface area contributed by atoms with Crippen LogP contribution in [-0.4, -0.2) is 17.6 Å². The molecule has 0 aromatic heterocycles. The fraction of sp³-hybridized carbons (Fsp3) is 0.167. The SMILES string of the molecule is Cc1ccccc1NC(=O)c1ccccc1C#CCCO. The third kappa shape index (κ3) is 3.95. The minimum atomic E-state index is -0.182. The molecule has 3 nitrogen and oxygen atoms in total. The number of aliphatic hydroxyl groups is 1. The quantitative estimate of drug-likeness (QED) is 0.849. The van der Waals surface area contributed by atoms with Crippen LogP contribution in [0.5, 0.6) is 0 Å². The van der Waals surface area contributed by atoms with Gasteiger partial charge in [0.05, 0.1) is 12.2 Å². The number of para-hydroxylation sites is 1. The molecule has 0 aliphatic carbocycles. The molecule has 2 aromatic carbocycles. The van der Waals surface area contributed by atoms with Gasteiger partial charge in [0.2, 0.25) is 0 Å². The van der Waals surface area contributed by atoms with Gasteiger partial charge in [0.15, 0.2) is 0 Å². The number of rotatable bonds is 3. The molecule has 2 rings (SSSR count). The molecule has 3 heteroatoms. The summed E-state index contributed by atoms with van der Waals surface area (Å²) in [5.41, 5.74) is 3.00. The van der Waals surface area contributed by atoms with Gasteiger partial charge in [-0.3, -0.25) is 4.79 Å². The van der Waals surface area contributed by atoms with Crippen LogP contribution in [0.15, 0.2) is 48.5 Å². The van der Waals surface area contributed by atoms with Crippen molar-refractivity contribution in [2.75, 3.05) is 11.9 Å². The first kappa shape index (κ1) is 14.8. The van der Waals surface area contributed by atoms with E-state index in [1.165, 1.54) is 0 Å². The summed E-state index contributed by atoms with van der Waals surface area (Å²) in [6.07, 6.45) is 0.397. The predicted molar refractivity (Wildman–Crippen MR) is 84.2 cm³/mol. The maximum Gasteiger partial charge on any atom is 0.256 e. The number of carbonyl (C=O) groups excluding carboxylic acids is 1. The minimum Gasteiger partial charge on any atom is -0.395 e. The van der Waals surface area contributed by atoms with Crippen LogP contribution in [0.4, 0.5) is 5.69 Å². The number of benzene rings is 2. The highest BCUT2D eigenvalue weighted by Crippen LogP contribution is 2.16. The van der Waals surface area contributed by atoms with Gasteiger partial charge < -0.3 is 10.4 Å². The van der Waals surface area contributed by atoms with Gasteiger partial charge in [-0.05, 0) is 30.7 Å². The van der Waals surface area contributed by atoms with Crippen LogP contribution < -0.4 is 5.32 Å². The summed E-state index contributed by atoms with van der Waals surface area (Å²) in [6.45, 7) is 1.97. The number of nitrogens with one attached hydrogen (secondary N) is 1. The van der Waals surface area contributed by atoms with Crippen LogP contribution in [0, 0.1) is 18.8 Å². The summed E-state index contributed by atoms with van der Waals surface area (Å²) in [6, 6.07) is 14.8. The van der Waals surface area contributed by atoms with Crippen LogP contribution in [0.1, 0.15) is 27.9 Å². The molecule has 0 fully saturated rings. The van der Waals surface area contributed by atoms with E-state index in [1.54, 1.807) is 12.1 Å². The summed E-state index contributed by atoms with van der Waals surface area (Å²) >= 11 is 0. The lowest BCUT2D eigenvalue weighted by Crippen LogP contribution is -2.14. The molecule has 0 saturated heterocycles. The highest BCUT2D eigenvalue weighted by atomic mass is 16.2. The Hall–Kier alpha value is -2.57. The normalized spacial score (nSPS) is 9.62. The van der Waals surface area contributed by atoms with Crippen molar-refractivity contribution in [1.29, 1.82) is 0 Å². The Morgan fingerprint density at radius 1 is 1.14 bits per heavy atom. The lowest BCUT2D eigenvalue weighted by molar-refractivity contribution is 0.102. The van der Waals surface area contributed by atoms with Crippen molar-refractivity contribution in [3.8, 4) is 11.8 Å². The van der Waals surface area contributed by atoms with Crippen LogP contribution in [0.25, 0.3) is 0 Å². The molecule has 1 amide bonds. The van der Waals surface area contributed by atoms with E-state index >= 15 is 0 Å². The Kier molecular flexibility index (Phi) is 5.14. The van der Waals surface area contributed by atoms with E-state index in [0.717, 1.165) is 11.3 Å². The fourth-order valence-corrected chi connectivity index (χ4v) is 1.91. The summed E-state index contributed by atoms with van der Waals surface area (Å²) in [7, 11) is 0. The summed E-state index contributed by atoms with van der Waals surface area (Å²) in [5.74, 6) is 5.58. The van der Waals surface area contributed by atoms with Crippen LogP contribution in [0.2, 0.25) is 0 Å². The number of anilines is 1. The van der Waals surface area contributed by atoms with E-state index in [0.29, 0.717) is 17.5 Å². The topological polar surface area (TPSA) is 49.3 Å². The zero-order valence-electron chi connectivity index (χ0n) is 11.9. The monoisotopic (exact) mass is 279 g/mol. The van der Waals surface area contributed by atoms with Gasteiger partial charge in [-0.1, -0.05) is 42.2 Å². The largest absolute Gasteiger partial charge is 0.395 e. The molecule has 0 aliphatic heterocycles. The molecule has 0 spiro atoms. The highest BCUT2D eigenvalue weighted by molar-refractivity contribution is 6.06. The number of aryl methyl sites for hydroxylation is 1. The third-order valence-electron chi connectivity index (χ3n) is 3.02. The first-order valence-corrected chi connectivity index (χ1v) is 6.78. The molecule has 0 heterocycles. The zero-order valence-corrected chi connectivity index (χ0v) is 11.9. The molecule has 0 radical (unpaired) electrons. The molecular formula is C18H17NO2. The number of hydrogen-bond donors (Lipinski definition) is 2. The Morgan fingerprint density at radius 3 is 2.62 bits per heavy atom. The molecule has 21 heavy (non-hydrogen) atoms. The molecule has 0 bridgehead atoms. The van der Waals surface area contributed by atoms with Gasteiger partial charge in [-0.2, -0.15) is 0 Å². The molecule has 2 aromatic rings. The zero-order chi connectivity index (χ0) is 15.1. The van der Waals surface area contributed by atoms with Gasteiger partial charge in [-0.15, -0.1) is 0 Å². The van der Waals surface area contributed by atoms with Crippen LogP contribution in [0.3, 0.4) is 0 Å². The Balaban J connectivity index is 2.24. The number of carbonyl (C=O) groups is 1. The second kappa shape index (κ2) is 7.28. The van der Waals surface area contributed by atoms with Crippen molar-refractivity contribution in [2.24, 2.45) is 0 Å². The fourth-order valence-electron chi connectivity index (χ4n) is 1.91. The van der Waals surface area contributed by atoms with Crippen LogP contribution in [-0.2, 0) is 0 Å². The van der Waals surface area contributed by atoms with Gasteiger partial charge in [-0.25, -0.2) is 0 Å². The summed E-state index contributed by atoms with van der Waals surface area (Å²) in [5, 5.41) is 11.7. The Labute approximate surface area is 124 Å². The third-order valence-corrected chi connectivity index (χ3v) is 3.02. The molecule has 0 unspecified atom stereocenters. The summed E-state index contributed by atoms with van der Waals surface area (Å²) < 4.78 is 0. The second-order valence-electron chi connectivity index (χ2n) is 4.59. The van der Waals surface area contributed by atoms with Crippen molar-refractivity contribution in [1.82, 2.24) is 0 Å². The van der Waals surface area contributed by atoms with Gasteiger partial charge >= 0.3 is 0 Å². The molecule has 0 atom stereocenters. The summed E-state index contributed by atoms with van der Waals surface area (Å²) in [4.78, 5) is 12.4. The maximum absolute atomic E-state index is 12.4. The van der Waals surface area contributed by atoms with E-state index in [9.17, 15) is 4.79 Å². The number of amides is 1. The Bertz CT molecular complexity index is 696. The second-order valence-corrected chi connectivity index (χ2v) is 4.59. The van der Waals surface area contributed by atoms with Crippen molar-refractivity contribution in [3.63, 3.8) is 0 Å².